The zero-order valence-electron chi connectivity index (χ0n) is 20.9. The number of amides is 1. The Bertz CT molecular complexity index is 1310. The Morgan fingerprint density at radius 2 is 1.60 bits per heavy atom. The van der Waals surface area contributed by atoms with E-state index in [0.29, 0.717) is 44.4 Å². The molecule has 214 valence electrons. The van der Waals surface area contributed by atoms with E-state index in [0.717, 1.165) is 18.6 Å². The standard InChI is InChI=1S/C24H23F6N7O3/c1-15(38)33-19-12-17(4-7-20(19)40-24(28,29)30)34-21-31-14-32-22(35-21)37-10-8-36(9-11-37)13-16-2-5-18(6-3-16)39-23(25,26)27/h2-7,12,14H,8-11,13H2,1H3,(H,33,38)(H,31,32,34,35). The van der Waals surface area contributed by atoms with Crippen molar-refractivity contribution in [3.8, 4) is 11.5 Å². The van der Waals surface area contributed by atoms with Gasteiger partial charge in [0.05, 0.1) is 5.69 Å². The van der Waals surface area contributed by atoms with Crippen molar-refractivity contribution < 1.29 is 40.6 Å². The van der Waals surface area contributed by atoms with Crippen LogP contribution in [0.1, 0.15) is 12.5 Å². The number of aromatic nitrogens is 3. The lowest BCUT2D eigenvalue weighted by atomic mass is 10.2. The summed E-state index contributed by atoms with van der Waals surface area (Å²) in [6, 6.07) is 9.33. The number of hydrogen-bond acceptors (Lipinski definition) is 9. The highest BCUT2D eigenvalue weighted by Crippen LogP contribution is 2.33. The SMILES string of the molecule is CC(=O)Nc1cc(Nc2ncnc(N3CCN(Cc4ccc(OC(F)(F)F)cc4)CC3)n2)ccc1OC(F)(F)F. The van der Waals surface area contributed by atoms with Crippen molar-refractivity contribution in [2.45, 2.75) is 26.2 Å². The molecular formula is C24H23F6N7O3. The van der Waals surface area contributed by atoms with Crippen LogP contribution in [0.4, 0.5) is 49.6 Å². The Morgan fingerprint density at radius 1 is 0.925 bits per heavy atom. The van der Waals surface area contributed by atoms with Crippen LogP contribution in [0.25, 0.3) is 0 Å². The van der Waals surface area contributed by atoms with Gasteiger partial charge in [0.15, 0.2) is 5.75 Å². The quantitative estimate of drug-likeness (QED) is 0.373. The van der Waals surface area contributed by atoms with Crippen molar-refractivity contribution in [2.24, 2.45) is 0 Å². The highest BCUT2D eigenvalue weighted by atomic mass is 19.4. The van der Waals surface area contributed by atoms with Gasteiger partial charge < -0.3 is 25.0 Å². The number of anilines is 4. The van der Waals surface area contributed by atoms with Gasteiger partial charge in [-0.05, 0) is 35.9 Å². The largest absolute Gasteiger partial charge is 0.573 e. The fourth-order valence-corrected chi connectivity index (χ4v) is 3.90. The number of alkyl halides is 6. The number of halogens is 6. The minimum absolute atomic E-state index is 0.131. The molecule has 1 aliphatic heterocycles. The zero-order chi connectivity index (χ0) is 28.9. The smallest absolute Gasteiger partial charge is 0.406 e. The lowest BCUT2D eigenvalue weighted by molar-refractivity contribution is -0.275. The molecule has 1 saturated heterocycles. The molecule has 4 rings (SSSR count). The Hall–Kier alpha value is -4.34. The molecule has 16 heteroatoms. The van der Waals surface area contributed by atoms with Gasteiger partial charge in [0.1, 0.15) is 12.1 Å². The van der Waals surface area contributed by atoms with E-state index in [9.17, 15) is 31.1 Å². The number of piperazine rings is 1. The van der Waals surface area contributed by atoms with Gasteiger partial charge in [-0.3, -0.25) is 9.69 Å². The summed E-state index contributed by atoms with van der Waals surface area (Å²) in [5.41, 5.74) is 0.939. The first kappa shape index (κ1) is 28.7. The molecule has 2 heterocycles. The number of ether oxygens (including phenoxy) is 2. The van der Waals surface area contributed by atoms with Gasteiger partial charge >= 0.3 is 12.7 Å². The number of nitrogens with zero attached hydrogens (tertiary/aromatic N) is 5. The van der Waals surface area contributed by atoms with Crippen molar-refractivity contribution in [3.63, 3.8) is 0 Å². The first-order valence-corrected chi connectivity index (χ1v) is 11.8. The van der Waals surface area contributed by atoms with Gasteiger partial charge in [0.2, 0.25) is 17.8 Å². The molecule has 0 atom stereocenters. The second-order valence-electron chi connectivity index (χ2n) is 8.63. The summed E-state index contributed by atoms with van der Waals surface area (Å²) in [7, 11) is 0. The van der Waals surface area contributed by atoms with Crippen LogP contribution in [-0.4, -0.2) is 64.7 Å². The van der Waals surface area contributed by atoms with E-state index in [-0.39, 0.29) is 17.4 Å². The van der Waals surface area contributed by atoms with Crippen molar-refractivity contribution in [2.75, 3.05) is 41.7 Å². The Labute approximate surface area is 223 Å². The fourth-order valence-electron chi connectivity index (χ4n) is 3.90. The van der Waals surface area contributed by atoms with Gasteiger partial charge in [-0.2, -0.15) is 4.98 Å². The molecule has 1 fully saturated rings. The first-order valence-electron chi connectivity index (χ1n) is 11.8. The number of nitrogens with one attached hydrogen (secondary N) is 2. The third-order valence-corrected chi connectivity index (χ3v) is 5.55. The lowest BCUT2D eigenvalue weighted by Gasteiger charge is -2.34. The fraction of sp³-hybridized carbons (Fsp3) is 0.333. The molecule has 2 aromatic carbocycles. The molecule has 0 unspecified atom stereocenters. The number of hydrogen-bond donors (Lipinski definition) is 2. The minimum atomic E-state index is -4.94. The molecule has 40 heavy (non-hydrogen) atoms. The summed E-state index contributed by atoms with van der Waals surface area (Å²) < 4.78 is 83.0. The molecule has 0 spiro atoms. The van der Waals surface area contributed by atoms with E-state index >= 15 is 0 Å². The van der Waals surface area contributed by atoms with E-state index in [2.05, 4.69) is 40.0 Å². The average molecular weight is 571 g/mol. The highest BCUT2D eigenvalue weighted by molar-refractivity contribution is 5.91. The number of carbonyl (C=O) groups is 1. The van der Waals surface area contributed by atoms with Gasteiger partial charge in [-0.1, -0.05) is 12.1 Å². The highest BCUT2D eigenvalue weighted by Gasteiger charge is 2.32. The van der Waals surface area contributed by atoms with Crippen LogP contribution < -0.4 is 25.0 Å². The number of benzene rings is 2. The van der Waals surface area contributed by atoms with E-state index in [1.807, 2.05) is 4.90 Å². The summed E-state index contributed by atoms with van der Waals surface area (Å²) in [4.78, 5) is 28.1. The molecule has 0 saturated carbocycles. The van der Waals surface area contributed by atoms with E-state index in [1.54, 1.807) is 12.1 Å². The second-order valence-corrected chi connectivity index (χ2v) is 8.63. The second kappa shape index (κ2) is 11.8. The van der Waals surface area contributed by atoms with Crippen LogP contribution in [0.2, 0.25) is 0 Å². The summed E-state index contributed by atoms with van der Waals surface area (Å²) >= 11 is 0. The van der Waals surface area contributed by atoms with Crippen LogP contribution in [0.15, 0.2) is 48.8 Å². The van der Waals surface area contributed by atoms with Crippen molar-refractivity contribution >= 4 is 29.2 Å². The summed E-state index contributed by atoms with van der Waals surface area (Å²) in [5, 5.41) is 5.18. The topological polar surface area (TPSA) is 105 Å². The van der Waals surface area contributed by atoms with Gasteiger partial charge in [-0.25, -0.2) is 9.97 Å². The van der Waals surface area contributed by atoms with Crippen LogP contribution >= 0.6 is 0 Å². The van der Waals surface area contributed by atoms with Crippen molar-refractivity contribution in [1.82, 2.24) is 19.9 Å². The molecule has 0 radical (unpaired) electrons. The van der Waals surface area contributed by atoms with Crippen LogP contribution in [-0.2, 0) is 11.3 Å². The number of rotatable bonds is 8. The van der Waals surface area contributed by atoms with Crippen LogP contribution in [0.5, 0.6) is 11.5 Å². The van der Waals surface area contributed by atoms with Crippen molar-refractivity contribution in [3.05, 3.63) is 54.4 Å². The maximum Gasteiger partial charge on any atom is 0.573 e. The van der Waals surface area contributed by atoms with Crippen LogP contribution in [0.3, 0.4) is 0 Å². The monoisotopic (exact) mass is 571 g/mol. The molecule has 10 nitrogen and oxygen atoms in total. The molecule has 0 aliphatic carbocycles. The Morgan fingerprint density at radius 3 is 2.23 bits per heavy atom. The van der Waals surface area contributed by atoms with E-state index < -0.39 is 24.4 Å². The van der Waals surface area contributed by atoms with E-state index in [4.69, 9.17) is 0 Å². The molecular weight excluding hydrogens is 548 g/mol. The lowest BCUT2D eigenvalue weighted by Crippen LogP contribution is -2.46. The zero-order valence-corrected chi connectivity index (χ0v) is 20.9. The molecule has 1 amide bonds. The summed E-state index contributed by atoms with van der Waals surface area (Å²) in [6.45, 7) is 4.09. The van der Waals surface area contributed by atoms with Gasteiger partial charge in [-0.15, -0.1) is 26.3 Å². The van der Waals surface area contributed by atoms with Crippen molar-refractivity contribution in [1.29, 1.82) is 0 Å². The van der Waals surface area contributed by atoms with E-state index in [1.165, 1.54) is 30.6 Å². The van der Waals surface area contributed by atoms with Gasteiger partial charge in [0, 0.05) is 45.3 Å². The first-order chi connectivity index (χ1) is 18.8. The molecule has 2 N–H and O–H groups in total. The molecule has 3 aromatic rings. The average Bonchev–Trinajstić information content (AvgIpc) is 2.85. The third-order valence-electron chi connectivity index (χ3n) is 5.55. The summed E-state index contributed by atoms with van der Waals surface area (Å²) in [6.07, 6.45) is -8.39. The Balaban J connectivity index is 1.36. The molecule has 1 aromatic heterocycles. The predicted molar refractivity (Wildman–Crippen MR) is 131 cm³/mol. The normalized spacial score (nSPS) is 14.5. The third kappa shape index (κ3) is 8.59. The predicted octanol–water partition coefficient (Wildman–Crippen LogP) is 4.69. The van der Waals surface area contributed by atoms with Crippen LogP contribution in [0, 0.1) is 0 Å². The minimum Gasteiger partial charge on any atom is -0.406 e. The molecule has 1 aliphatic rings. The Kier molecular flexibility index (Phi) is 8.46. The number of carbonyl (C=O) groups excluding carboxylic acids is 1. The molecule has 0 bridgehead atoms. The maximum atomic E-state index is 12.7. The van der Waals surface area contributed by atoms with Gasteiger partial charge in [0.25, 0.3) is 0 Å². The maximum absolute atomic E-state index is 12.7. The summed E-state index contributed by atoms with van der Waals surface area (Å²) in [5.74, 6) is -0.930.